The summed E-state index contributed by atoms with van der Waals surface area (Å²) in [5.74, 6) is -0.332. The molecule has 0 atom stereocenters. The quantitative estimate of drug-likeness (QED) is 0.683. The standard InChI is InChI=1S/C11H12N4O2/c1-7(16)8-2-10(13-3-8)11(17)14-5-9-4-12-6-15-9/h2-4,6,13H,5H2,1H3,(H,12,15)(H,14,17). The van der Waals surface area contributed by atoms with E-state index >= 15 is 0 Å². The van der Waals surface area contributed by atoms with E-state index in [4.69, 9.17) is 0 Å². The fourth-order valence-electron chi connectivity index (χ4n) is 1.38. The SMILES string of the molecule is CC(=O)c1c[nH]c(C(=O)NCc2cnc[nH]2)c1. The van der Waals surface area contributed by atoms with Crippen LogP contribution in [-0.2, 0) is 6.54 Å². The van der Waals surface area contributed by atoms with Crippen LogP contribution in [0.5, 0.6) is 0 Å². The number of aromatic amines is 2. The Balaban J connectivity index is 1.97. The molecule has 2 aromatic heterocycles. The zero-order chi connectivity index (χ0) is 12.3. The van der Waals surface area contributed by atoms with Gasteiger partial charge in [0.15, 0.2) is 5.78 Å². The van der Waals surface area contributed by atoms with Crippen LogP contribution in [0.1, 0.15) is 33.5 Å². The average molecular weight is 232 g/mol. The zero-order valence-corrected chi connectivity index (χ0v) is 9.28. The van der Waals surface area contributed by atoms with Gasteiger partial charge in [0.05, 0.1) is 18.6 Å². The predicted octanol–water partition coefficient (Wildman–Crippen LogP) is 0.870. The molecule has 6 heteroatoms. The van der Waals surface area contributed by atoms with E-state index in [2.05, 4.69) is 20.3 Å². The minimum Gasteiger partial charge on any atom is -0.356 e. The van der Waals surface area contributed by atoms with Crippen molar-refractivity contribution in [2.75, 3.05) is 0 Å². The molecule has 0 unspecified atom stereocenters. The molecule has 1 amide bonds. The van der Waals surface area contributed by atoms with Gasteiger partial charge in [-0.3, -0.25) is 9.59 Å². The third-order valence-electron chi connectivity index (χ3n) is 2.33. The number of hydrogen-bond acceptors (Lipinski definition) is 3. The Bertz CT molecular complexity index is 527. The molecule has 0 radical (unpaired) electrons. The first-order chi connectivity index (χ1) is 8.16. The number of Topliss-reactive ketones (excluding diaryl/α,β-unsaturated/α-hetero) is 1. The molecule has 0 bridgehead atoms. The summed E-state index contributed by atoms with van der Waals surface area (Å²) in [6.07, 6.45) is 4.70. The summed E-state index contributed by atoms with van der Waals surface area (Å²) < 4.78 is 0. The minimum absolute atomic E-state index is 0.0751. The van der Waals surface area contributed by atoms with E-state index in [-0.39, 0.29) is 11.7 Å². The molecule has 88 valence electrons. The third kappa shape index (κ3) is 2.60. The van der Waals surface area contributed by atoms with Crippen LogP contribution >= 0.6 is 0 Å². The molecular weight excluding hydrogens is 220 g/mol. The van der Waals surface area contributed by atoms with Gasteiger partial charge in [0.25, 0.3) is 5.91 Å². The molecule has 0 fully saturated rings. The van der Waals surface area contributed by atoms with Crippen molar-refractivity contribution in [2.45, 2.75) is 13.5 Å². The molecule has 17 heavy (non-hydrogen) atoms. The van der Waals surface area contributed by atoms with E-state index in [9.17, 15) is 9.59 Å². The summed E-state index contributed by atoms with van der Waals surface area (Å²) in [6, 6.07) is 1.53. The number of amides is 1. The van der Waals surface area contributed by atoms with Crippen molar-refractivity contribution < 1.29 is 9.59 Å². The minimum atomic E-state index is -0.257. The number of aromatic nitrogens is 3. The molecule has 2 heterocycles. The van der Waals surface area contributed by atoms with Gasteiger partial charge in [-0.25, -0.2) is 4.98 Å². The number of hydrogen-bond donors (Lipinski definition) is 3. The van der Waals surface area contributed by atoms with Crippen molar-refractivity contribution in [1.29, 1.82) is 0 Å². The molecule has 0 saturated carbocycles. The van der Waals surface area contributed by atoms with Crippen molar-refractivity contribution >= 4 is 11.7 Å². The van der Waals surface area contributed by atoms with Gasteiger partial charge in [-0.15, -0.1) is 0 Å². The second-order valence-corrected chi connectivity index (χ2v) is 3.62. The monoisotopic (exact) mass is 232 g/mol. The van der Waals surface area contributed by atoms with Crippen LogP contribution in [0.4, 0.5) is 0 Å². The van der Waals surface area contributed by atoms with Gasteiger partial charge in [-0.1, -0.05) is 0 Å². The first-order valence-electron chi connectivity index (χ1n) is 5.11. The maximum Gasteiger partial charge on any atom is 0.268 e. The number of nitrogens with one attached hydrogen (secondary N) is 3. The molecule has 6 nitrogen and oxygen atoms in total. The van der Waals surface area contributed by atoms with Crippen LogP contribution in [0.3, 0.4) is 0 Å². The Hall–Kier alpha value is -2.37. The Morgan fingerprint density at radius 1 is 1.41 bits per heavy atom. The zero-order valence-electron chi connectivity index (χ0n) is 9.28. The second kappa shape index (κ2) is 4.65. The highest BCUT2D eigenvalue weighted by atomic mass is 16.2. The van der Waals surface area contributed by atoms with E-state index in [1.807, 2.05) is 0 Å². The summed E-state index contributed by atoms with van der Waals surface area (Å²) in [6.45, 7) is 1.82. The van der Waals surface area contributed by atoms with Gasteiger partial charge < -0.3 is 15.3 Å². The summed E-state index contributed by atoms with van der Waals surface area (Å²) in [5.41, 5.74) is 1.68. The number of H-pyrrole nitrogens is 2. The lowest BCUT2D eigenvalue weighted by Gasteiger charge is -2.00. The highest BCUT2D eigenvalue weighted by Gasteiger charge is 2.10. The smallest absolute Gasteiger partial charge is 0.268 e. The van der Waals surface area contributed by atoms with E-state index < -0.39 is 0 Å². The number of carbonyl (C=O) groups excluding carboxylic acids is 2. The fourth-order valence-corrected chi connectivity index (χ4v) is 1.38. The van der Waals surface area contributed by atoms with Gasteiger partial charge in [-0.05, 0) is 13.0 Å². The maximum absolute atomic E-state index is 11.7. The Labute approximate surface area is 97.5 Å². The van der Waals surface area contributed by atoms with Crippen molar-refractivity contribution in [1.82, 2.24) is 20.3 Å². The van der Waals surface area contributed by atoms with Crippen LogP contribution < -0.4 is 5.32 Å². The normalized spacial score (nSPS) is 10.2. The Morgan fingerprint density at radius 3 is 2.82 bits per heavy atom. The van der Waals surface area contributed by atoms with E-state index in [0.717, 1.165) is 5.69 Å². The lowest BCUT2D eigenvalue weighted by molar-refractivity contribution is 0.0946. The molecule has 2 aromatic rings. The topological polar surface area (TPSA) is 90.6 Å². The van der Waals surface area contributed by atoms with Gasteiger partial charge in [0.2, 0.25) is 0 Å². The van der Waals surface area contributed by atoms with E-state index in [0.29, 0.717) is 17.8 Å². The lowest BCUT2D eigenvalue weighted by atomic mass is 10.2. The van der Waals surface area contributed by atoms with Crippen LogP contribution in [0.2, 0.25) is 0 Å². The van der Waals surface area contributed by atoms with Crippen molar-refractivity contribution in [2.24, 2.45) is 0 Å². The number of nitrogens with zero attached hydrogens (tertiary/aromatic N) is 1. The summed E-state index contributed by atoms with van der Waals surface area (Å²) in [5, 5.41) is 2.70. The van der Waals surface area contributed by atoms with Crippen molar-refractivity contribution in [3.05, 3.63) is 41.7 Å². The van der Waals surface area contributed by atoms with Crippen LogP contribution in [0, 0.1) is 0 Å². The first kappa shape index (κ1) is 11.1. The van der Waals surface area contributed by atoms with Gasteiger partial charge in [-0.2, -0.15) is 0 Å². The molecule has 0 aliphatic heterocycles. The highest BCUT2D eigenvalue weighted by Crippen LogP contribution is 2.04. The fraction of sp³-hybridized carbons (Fsp3) is 0.182. The summed E-state index contributed by atoms with van der Waals surface area (Å²) >= 11 is 0. The molecule has 0 aromatic carbocycles. The molecule has 3 N–H and O–H groups in total. The van der Waals surface area contributed by atoms with Crippen LogP contribution in [0.25, 0.3) is 0 Å². The van der Waals surface area contributed by atoms with E-state index in [1.165, 1.54) is 19.2 Å². The summed E-state index contributed by atoms with van der Waals surface area (Å²) in [7, 11) is 0. The maximum atomic E-state index is 11.7. The molecule has 0 saturated heterocycles. The molecule has 0 aliphatic carbocycles. The highest BCUT2D eigenvalue weighted by molar-refractivity contribution is 5.98. The predicted molar refractivity (Wildman–Crippen MR) is 60.6 cm³/mol. The summed E-state index contributed by atoms with van der Waals surface area (Å²) in [4.78, 5) is 32.2. The van der Waals surface area contributed by atoms with Gasteiger partial charge in [0, 0.05) is 18.0 Å². The molecular formula is C11H12N4O2. The number of imidazole rings is 1. The molecule has 2 rings (SSSR count). The van der Waals surface area contributed by atoms with Crippen molar-refractivity contribution in [3.8, 4) is 0 Å². The van der Waals surface area contributed by atoms with E-state index in [1.54, 1.807) is 12.5 Å². The molecule has 0 spiro atoms. The largest absolute Gasteiger partial charge is 0.356 e. The third-order valence-corrected chi connectivity index (χ3v) is 2.33. The van der Waals surface area contributed by atoms with Crippen molar-refractivity contribution in [3.63, 3.8) is 0 Å². The Kier molecular flexibility index (Phi) is 3.04. The number of carbonyl (C=O) groups is 2. The van der Waals surface area contributed by atoms with Crippen LogP contribution in [-0.4, -0.2) is 26.6 Å². The lowest BCUT2D eigenvalue weighted by Crippen LogP contribution is -2.23. The first-order valence-corrected chi connectivity index (χ1v) is 5.11. The second-order valence-electron chi connectivity index (χ2n) is 3.62. The van der Waals surface area contributed by atoms with Crippen LogP contribution in [0.15, 0.2) is 24.8 Å². The van der Waals surface area contributed by atoms with Gasteiger partial charge >= 0.3 is 0 Å². The number of ketones is 1. The molecule has 0 aliphatic rings. The number of rotatable bonds is 4. The Morgan fingerprint density at radius 2 is 2.24 bits per heavy atom. The van der Waals surface area contributed by atoms with Gasteiger partial charge in [0.1, 0.15) is 5.69 Å². The average Bonchev–Trinajstić information content (AvgIpc) is 2.96.